The number of esters is 1. The topological polar surface area (TPSA) is 77.1 Å². The molecule has 1 aliphatic rings. The average Bonchev–Trinajstić information content (AvgIpc) is 2.74. The molecule has 1 amide bonds. The molecule has 1 aliphatic heterocycles. The third kappa shape index (κ3) is 6.29. The van der Waals surface area contributed by atoms with E-state index in [1.165, 1.54) is 7.11 Å². The molecule has 0 aromatic heterocycles. The van der Waals surface area contributed by atoms with Crippen molar-refractivity contribution in [1.82, 2.24) is 5.32 Å². The fraction of sp³-hybridized carbons (Fsp3) is 0.417. The summed E-state index contributed by atoms with van der Waals surface area (Å²) in [6.07, 6.45) is 1.05. The lowest BCUT2D eigenvalue weighted by molar-refractivity contribution is 0.0496. The summed E-state index contributed by atoms with van der Waals surface area (Å²) in [5, 5.41) is 3.43. The molecule has 1 heterocycles. The fourth-order valence-corrected chi connectivity index (χ4v) is 3.65. The van der Waals surface area contributed by atoms with Crippen molar-refractivity contribution >= 4 is 29.4 Å². The van der Waals surface area contributed by atoms with E-state index in [1.54, 1.807) is 30.3 Å². The zero-order valence-electron chi connectivity index (χ0n) is 18.8. The van der Waals surface area contributed by atoms with Crippen LogP contribution in [-0.2, 0) is 9.47 Å². The van der Waals surface area contributed by atoms with Gasteiger partial charge in [-0.1, -0.05) is 23.7 Å². The number of para-hydroxylation sites is 1. The number of amides is 1. The van der Waals surface area contributed by atoms with Gasteiger partial charge in [-0.2, -0.15) is 0 Å². The van der Waals surface area contributed by atoms with Gasteiger partial charge in [0.15, 0.2) is 5.75 Å². The SMILES string of the molecule is COC(=O)c1ccc(Oc2ccccc2Cl)c(N2CCC(NC(=O)OC(C)(C)C)CC2)c1. The summed E-state index contributed by atoms with van der Waals surface area (Å²) in [5.74, 6) is 0.698. The Morgan fingerprint density at radius 2 is 1.75 bits per heavy atom. The molecule has 0 spiro atoms. The maximum Gasteiger partial charge on any atom is 0.407 e. The predicted molar refractivity (Wildman–Crippen MR) is 124 cm³/mol. The number of rotatable bonds is 5. The standard InChI is InChI=1S/C24H29ClN2O5/c1-24(2,3)32-23(29)26-17-11-13-27(14-12-17)19-15-16(22(28)30-4)9-10-21(19)31-20-8-6-5-7-18(20)25/h5-10,15,17H,11-14H2,1-4H3,(H,26,29). The maximum atomic E-state index is 12.1. The van der Waals surface area contributed by atoms with Crippen LogP contribution >= 0.6 is 11.6 Å². The molecule has 0 unspecified atom stereocenters. The van der Waals surface area contributed by atoms with Crippen LogP contribution in [0.4, 0.5) is 10.5 Å². The lowest BCUT2D eigenvalue weighted by Gasteiger charge is -2.35. The van der Waals surface area contributed by atoms with Crippen molar-refractivity contribution in [1.29, 1.82) is 0 Å². The van der Waals surface area contributed by atoms with E-state index in [0.29, 0.717) is 35.2 Å². The smallest absolute Gasteiger partial charge is 0.407 e. The average molecular weight is 461 g/mol. The summed E-state index contributed by atoms with van der Waals surface area (Å²) in [5.41, 5.74) is 0.663. The highest BCUT2D eigenvalue weighted by atomic mass is 35.5. The number of carbonyl (C=O) groups is 2. The quantitative estimate of drug-likeness (QED) is 0.601. The molecule has 1 saturated heterocycles. The molecular weight excluding hydrogens is 432 g/mol. The van der Waals surface area contributed by atoms with Crippen LogP contribution in [0.15, 0.2) is 42.5 Å². The number of carbonyl (C=O) groups excluding carboxylic acids is 2. The minimum absolute atomic E-state index is 0.0119. The van der Waals surface area contributed by atoms with Gasteiger partial charge in [-0.15, -0.1) is 0 Å². The van der Waals surface area contributed by atoms with Crippen molar-refractivity contribution in [2.75, 3.05) is 25.1 Å². The number of alkyl carbamates (subject to hydrolysis) is 1. The number of halogens is 1. The number of anilines is 1. The molecule has 2 aromatic rings. The summed E-state index contributed by atoms with van der Waals surface area (Å²) in [4.78, 5) is 26.3. The number of benzene rings is 2. The largest absolute Gasteiger partial charge is 0.465 e. The highest BCUT2D eigenvalue weighted by Crippen LogP contribution is 2.37. The van der Waals surface area contributed by atoms with Crippen LogP contribution in [-0.4, -0.2) is 43.9 Å². The van der Waals surface area contributed by atoms with Crippen LogP contribution in [0.2, 0.25) is 5.02 Å². The molecule has 172 valence electrons. The molecule has 2 aromatic carbocycles. The summed E-state index contributed by atoms with van der Waals surface area (Å²) in [6.45, 7) is 6.85. The molecule has 8 heteroatoms. The summed E-state index contributed by atoms with van der Waals surface area (Å²) in [6, 6.07) is 12.4. The number of ether oxygens (including phenoxy) is 3. The number of hydrogen-bond acceptors (Lipinski definition) is 6. The Morgan fingerprint density at radius 1 is 1.06 bits per heavy atom. The van der Waals surface area contributed by atoms with Crippen LogP contribution < -0.4 is 15.0 Å². The zero-order chi connectivity index (χ0) is 23.3. The van der Waals surface area contributed by atoms with Crippen LogP contribution in [0.3, 0.4) is 0 Å². The van der Waals surface area contributed by atoms with Crippen molar-refractivity contribution in [3.8, 4) is 11.5 Å². The molecule has 7 nitrogen and oxygen atoms in total. The van der Waals surface area contributed by atoms with Gasteiger partial charge in [0.2, 0.25) is 0 Å². The van der Waals surface area contributed by atoms with Crippen molar-refractivity contribution in [3.63, 3.8) is 0 Å². The first-order valence-corrected chi connectivity index (χ1v) is 10.9. The second kappa shape index (κ2) is 10.1. The molecule has 0 saturated carbocycles. The highest BCUT2D eigenvalue weighted by Gasteiger charge is 2.26. The summed E-state index contributed by atoms with van der Waals surface area (Å²) in [7, 11) is 1.35. The second-order valence-electron chi connectivity index (χ2n) is 8.61. The molecule has 0 aliphatic carbocycles. The van der Waals surface area contributed by atoms with Gasteiger partial charge < -0.3 is 24.4 Å². The van der Waals surface area contributed by atoms with Crippen molar-refractivity contribution in [3.05, 3.63) is 53.1 Å². The molecular formula is C24H29ClN2O5. The molecule has 32 heavy (non-hydrogen) atoms. The summed E-state index contributed by atoms with van der Waals surface area (Å²) < 4.78 is 16.3. The fourth-order valence-electron chi connectivity index (χ4n) is 3.48. The molecule has 0 radical (unpaired) electrons. The van der Waals surface area contributed by atoms with Gasteiger partial charge in [-0.3, -0.25) is 0 Å². The van der Waals surface area contributed by atoms with Crippen LogP contribution in [0.1, 0.15) is 44.0 Å². The number of nitrogens with zero attached hydrogens (tertiary/aromatic N) is 1. The van der Waals surface area contributed by atoms with Crippen LogP contribution in [0.5, 0.6) is 11.5 Å². The van der Waals surface area contributed by atoms with E-state index < -0.39 is 17.7 Å². The van der Waals surface area contributed by atoms with Gasteiger partial charge in [0.1, 0.15) is 11.4 Å². The Bertz CT molecular complexity index is 965. The first-order valence-electron chi connectivity index (χ1n) is 10.6. The van der Waals surface area contributed by atoms with Crippen LogP contribution in [0.25, 0.3) is 0 Å². The Hall–Kier alpha value is -2.93. The van der Waals surface area contributed by atoms with Gasteiger partial charge >= 0.3 is 12.1 Å². The molecule has 0 bridgehead atoms. The van der Waals surface area contributed by atoms with E-state index in [9.17, 15) is 9.59 Å². The lowest BCUT2D eigenvalue weighted by Crippen LogP contribution is -2.46. The summed E-state index contributed by atoms with van der Waals surface area (Å²) >= 11 is 6.26. The molecule has 0 atom stereocenters. The van der Waals surface area contributed by atoms with Gasteiger partial charge in [0, 0.05) is 19.1 Å². The lowest BCUT2D eigenvalue weighted by atomic mass is 10.0. The van der Waals surface area contributed by atoms with E-state index in [1.807, 2.05) is 32.9 Å². The number of nitrogens with one attached hydrogen (secondary N) is 1. The molecule has 1 fully saturated rings. The zero-order valence-corrected chi connectivity index (χ0v) is 19.6. The van der Waals surface area contributed by atoms with Gasteiger partial charge in [-0.05, 0) is 63.9 Å². The maximum absolute atomic E-state index is 12.1. The number of piperidine rings is 1. The Morgan fingerprint density at radius 3 is 2.38 bits per heavy atom. The number of methoxy groups -OCH3 is 1. The highest BCUT2D eigenvalue weighted by molar-refractivity contribution is 6.32. The van der Waals surface area contributed by atoms with Gasteiger partial charge in [0.05, 0.1) is 23.4 Å². The van der Waals surface area contributed by atoms with Crippen molar-refractivity contribution in [2.24, 2.45) is 0 Å². The van der Waals surface area contributed by atoms with E-state index >= 15 is 0 Å². The van der Waals surface area contributed by atoms with Crippen molar-refractivity contribution in [2.45, 2.75) is 45.3 Å². The van der Waals surface area contributed by atoms with Crippen LogP contribution in [0, 0.1) is 0 Å². The minimum atomic E-state index is -0.538. The molecule has 3 rings (SSSR count). The van der Waals surface area contributed by atoms with E-state index in [2.05, 4.69) is 10.2 Å². The second-order valence-corrected chi connectivity index (χ2v) is 9.02. The van der Waals surface area contributed by atoms with E-state index in [-0.39, 0.29) is 6.04 Å². The van der Waals surface area contributed by atoms with Crippen molar-refractivity contribution < 1.29 is 23.8 Å². The normalized spacial score (nSPS) is 14.6. The Balaban J connectivity index is 1.76. The van der Waals surface area contributed by atoms with E-state index in [4.69, 9.17) is 25.8 Å². The Kier molecular flexibility index (Phi) is 7.51. The van der Waals surface area contributed by atoms with E-state index in [0.717, 1.165) is 18.5 Å². The third-order valence-electron chi connectivity index (χ3n) is 4.99. The Labute approximate surface area is 193 Å². The van der Waals surface area contributed by atoms with Gasteiger partial charge in [0.25, 0.3) is 0 Å². The first-order chi connectivity index (χ1) is 15.2. The number of hydrogen-bond donors (Lipinski definition) is 1. The van der Waals surface area contributed by atoms with Gasteiger partial charge in [-0.25, -0.2) is 9.59 Å². The monoisotopic (exact) mass is 460 g/mol. The molecule has 1 N–H and O–H groups in total. The third-order valence-corrected chi connectivity index (χ3v) is 5.31. The first kappa shape index (κ1) is 23.7. The minimum Gasteiger partial charge on any atom is -0.465 e. The predicted octanol–water partition coefficient (Wildman–Crippen LogP) is 5.41.